The molecule has 0 bridgehead atoms. The van der Waals surface area contributed by atoms with E-state index in [9.17, 15) is 4.79 Å². The first-order valence-corrected chi connectivity index (χ1v) is 9.39. The van der Waals surface area contributed by atoms with Crippen molar-refractivity contribution in [2.45, 2.75) is 0 Å². The van der Waals surface area contributed by atoms with Crippen LogP contribution in [0, 0.1) is 0 Å². The lowest BCUT2D eigenvalue weighted by atomic mass is 10.0. The van der Waals surface area contributed by atoms with Crippen molar-refractivity contribution in [3.63, 3.8) is 0 Å². The summed E-state index contributed by atoms with van der Waals surface area (Å²) in [5.41, 5.74) is 4.77. The van der Waals surface area contributed by atoms with Gasteiger partial charge in [-0.05, 0) is 36.4 Å². The number of nitrogens with one attached hydrogen (secondary N) is 1. The summed E-state index contributed by atoms with van der Waals surface area (Å²) in [5, 5.41) is 4.83. The molecule has 2 aromatic heterocycles. The highest BCUT2D eigenvalue weighted by molar-refractivity contribution is 6.13. The maximum atomic E-state index is 13.2. The van der Waals surface area contributed by atoms with Crippen molar-refractivity contribution >= 4 is 33.4 Å². The van der Waals surface area contributed by atoms with Crippen LogP contribution >= 0.6 is 0 Å². The Morgan fingerprint density at radius 2 is 1.59 bits per heavy atom. The minimum atomic E-state index is -0.163. The molecule has 0 saturated heterocycles. The molecule has 0 fully saturated rings. The molecule has 138 valence electrons. The average Bonchev–Trinajstić information content (AvgIpc) is 2.79. The molecule has 4 nitrogen and oxygen atoms in total. The van der Waals surface area contributed by atoms with E-state index in [0.29, 0.717) is 5.56 Å². The van der Waals surface area contributed by atoms with Gasteiger partial charge in [0.05, 0.1) is 22.3 Å². The van der Waals surface area contributed by atoms with Crippen LogP contribution in [-0.4, -0.2) is 15.9 Å². The molecule has 5 rings (SSSR count). The molecule has 2 heterocycles. The second kappa shape index (κ2) is 7.17. The highest BCUT2D eigenvalue weighted by Crippen LogP contribution is 2.26. The lowest BCUT2D eigenvalue weighted by Gasteiger charge is -2.11. The fraction of sp³-hybridized carbons (Fsp3) is 0. The highest BCUT2D eigenvalue weighted by Gasteiger charge is 2.14. The van der Waals surface area contributed by atoms with Crippen molar-refractivity contribution in [1.82, 2.24) is 9.97 Å². The number of rotatable bonds is 3. The number of nitrogens with zero attached hydrogens (tertiary/aromatic N) is 2. The third-order valence-electron chi connectivity index (χ3n) is 4.89. The topological polar surface area (TPSA) is 54.9 Å². The normalized spacial score (nSPS) is 10.9. The Labute approximate surface area is 167 Å². The fourth-order valence-corrected chi connectivity index (χ4v) is 3.47. The van der Waals surface area contributed by atoms with Crippen LogP contribution in [0.15, 0.2) is 97.2 Å². The van der Waals surface area contributed by atoms with Crippen LogP contribution < -0.4 is 5.32 Å². The maximum Gasteiger partial charge on any atom is 0.256 e. The van der Waals surface area contributed by atoms with Gasteiger partial charge in [0.2, 0.25) is 0 Å². The summed E-state index contributed by atoms with van der Waals surface area (Å²) < 4.78 is 0. The van der Waals surface area contributed by atoms with E-state index in [1.165, 1.54) is 0 Å². The minimum Gasteiger partial charge on any atom is -0.322 e. The van der Waals surface area contributed by atoms with E-state index in [1.54, 1.807) is 6.20 Å². The third-order valence-corrected chi connectivity index (χ3v) is 4.89. The van der Waals surface area contributed by atoms with Crippen LogP contribution in [-0.2, 0) is 0 Å². The molecule has 3 aromatic carbocycles. The first-order chi connectivity index (χ1) is 14.3. The van der Waals surface area contributed by atoms with E-state index in [1.807, 2.05) is 91.0 Å². The van der Waals surface area contributed by atoms with Gasteiger partial charge in [0.1, 0.15) is 0 Å². The Balaban J connectivity index is 1.58. The average molecular weight is 375 g/mol. The molecule has 0 saturated carbocycles. The number of carbonyl (C=O) groups excluding carboxylic acids is 1. The molecule has 5 aromatic rings. The summed E-state index contributed by atoms with van der Waals surface area (Å²) in [7, 11) is 0. The van der Waals surface area contributed by atoms with Gasteiger partial charge in [0.25, 0.3) is 5.91 Å². The van der Waals surface area contributed by atoms with Crippen molar-refractivity contribution in [2.24, 2.45) is 0 Å². The van der Waals surface area contributed by atoms with E-state index >= 15 is 0 Å². The van der Waals surface area contributed by atoms with E-state index in [4.69, 9.17) is 4.98 Å². The number of hydrogen-bond donors (Lipinski definition) is 1. The lowest BCUT2D eigenvalue weighted by Crippen LogP contribution is -2.13. The molecule has 4 heteroatoms. The van der Waals surface area contributed by atoms with E-state index < -0.39 is 0 Å². The first-order valence-electron chi connectivity index (χ1n) is 9.39. The Morgan fingerprint density at radius 3 is 2.48 bits per heavy atom. The Morgan fingerprint density at radius 1 is 0.759 bits per heavy atom. The van der Waals surface area contributed by atoms with E-state index in [2.05, 4.69) is 10.3 Å². The summed E-state index contributed by atoms with van der Waals surface area (Å²) >= 11 is 0. The zero-order valence-corrected chi connectivity index (χ0v) is 15.5. The van der Waals surface area contributed by atoms with Crippen LogP contribution in [0.25, 0.3) is 33.1 Å². The van der Waals surface area contributed by atoms with Gasteiger partial charge in [0.15, 0.2) is 0 Å². The largest absolute Gasteiger partial charge is 0.322 e. The van der Waals surface area contributed by atoms with Gasteiger partial charge in [-0.2, -0.15) is 0 Å². The Kier molecular flexibility index (Phi) is 4.22. The van der Waals surface area contributed by atoms with Crippen molar-refractivity contribution in [3.8, 4) is 11.3 Å². The number of aromatic nitrogens is 2. The standard InChI is InChI=1S/C25H17N3O/c29-25(27-19-12-13-22-18(15-19)9-6-14-26-22)21-16-24(17-7-2-1-3-8-17)28-23-11-5-4-10-20(21)23/h1-16H,(H,27,29). The molecule has 1 N–H and O–H groups in total. The molecule has 0 atom stereocenters. The number of fused-ring (bicyclic) bond motifs is 2. The zero-order valence-electron chi connectivity index (χ0n) is 15.5. The minimum absolute atomic E-state index is 0.163. The number of carbonyl (C=O) groups is 1. The van der Waals surface area contributed by atoms with Crippen molar-refractivity contribution in [3.05, 3.63) is 103 Å². The third kappa shape index (κ3) is 3.32. The fourth-order valence-electron chi connectivity index (χ4n) is 3.47. The number of anilines is 1. The Bertz CT molecular complexity index is 1350. The summed E-state index contributed by atoms with van der Waals surface area (Å²) in [6.45, 7) is 0. The number of pyridine rings is 2. The quantitative estimate of drug-likeness (QED) is 0.440. The van der Waals surface area contributed by atoms with Crippen LogP contribution in [0.3, 0.4) is 0 Å². The predicted octanol–water partition coefficient (Wildman–Crippen LogP) is 5.70. The molecule has 0 spiro atoms. The number of hydrogen-bond acceptors (Lipinski definition) is 3. The number of para-hydroxylation sites is 1. The molecule has 0 aliphatic carbocycles. The van der Waals surface area contributed by atoms with Crippen LogP contribution in [0.2, 0.25) is 0 Å². The van der Waals surface area contributed by atoms with E-state index in [-0.39, 0.29) is 5.91 Å². The highest BCUT2D eigenvalue weighted by atomic mass is 16.1. The van der Waals surface area contributed by atoms with Crippen molar-refractivity contribution in [2.75, 3.05) is 5.32 Å². The monoisotopic (exact) mass is 375 g/mol. The number of benzene rings is 3. The first kappa shape index (κ1) is 17.1. The van der Waals surface area contributed by atoms with Crippen LogP contribution in [0.4, 0.5) is 5.69 Å². The molecule has 0 aliphatic heterocycles. The van der Waals surface area contributed by atoms with Gasteiger partial charge in [-0.1, -0.05) is 54.6 Å². The van der Waals surface area contributed by atoms with Gasteiger partial charge in [0, 0.05) is 28.2 Å². The molecule has 1 amide bonds. The second-order valence-corrected chi connectivity index (χ2v) is 6.80. The van der Waals surface area contributed by atoms with Gasteiger partial charge < -0.3 is 5.32 Å². The molecule has 0 radical (unpaired) electrons. The van der Waals surface area contributed by atoms with Gasteiger partial charge in [-0.25, -0.2) is 4.98 Å². The van der Waals surface area contributed by atoms with Gasteiger partial charge in [-0.3, -0.25) is 9.78 Å². The smallest absolute Gasteiger partial charge is 0.256 e. The second-order valence-electron chi connectivity index (χ2n) is 6.80. The predicted molar refractivity (Wildman–Crippen MR) is 117 cm³/mol. The molecular weight excluding hydrogens is 358 g/mol. The lowest BCUT2D eigenvalue weighted by molar-refractivity contribution is 0.102. The Hall–Kier alpha value is -4.05. The SMILES string of the molecule is O=C(Nc1ccc2ncccc2c1)c1cc(-c2ccccc2)nc2ccccc12. The maximum absolute atomic E-state index is 13.2. The van der Waals surface area contributed by atoms with Crippen LogP contribution in [0.1, 0.15) is 10.4 Å². The molecule has 0 aliphatic rings. The molecule has 29 heavy (non-hydrogen) atoms. The van der Waals surface area contributed by atoms with Crippen molar-refractivity contribution in [1.29, 1.82) is 0 Å². The zero-order chi connectivity index (χ0) is 19.6. The van der Waals surface area contributed by atoms with Gasteiger partial charge >= 0.3 is 0 Å². The molecular formula is C25H17N3O. The number of amides is 1. The summed E-state index contributed by atoms with van der Waals surface area (Å²) in [6, 6.07) is 29.0. The molecule has 0 unspecified atom stereocenters. The summed E-state index contributed by atoms with van der Waals surface area (Å²) in [6.07, 6.45) is 1.76. The van der Waals surface area contributed by atoms with Crippen molar-refractivity contribution < 1.29 is 4.79 Å². The van der Waals surface area contributed by atoms with E-state index in [0.717, 1.165) is 38.8 Å². The summed E-state index contributed by atoms with van der Waals surface area (Å²) in [4.78, 5) is 22.3. The van der Waals surface area contributed by atoms with Crippen LogP contribution in [0.5, 0.6) is 0 Å². The summed E-state index contributed by atoms with van der Waals surface area (Å²) in [5.74, 6) is -0.163. The van der Waals surface area contributed by atoms with Gasteiger partial charge in [-0.15, -0.1) is 0 Å².